The lowest BCUT2D eigenvalue weighted by atomic mass is 10.0. The van der Waals surface area contributed by atoms with Crippen molar-refractivity contribution in [1.82, 2.24) is 15.1 Å². The van der Waals surface area contributed by atoms with Gasteiger partial charge in [0.1, 0.15) is 0 Å². The second kappa shape index (κ2) is 8.11. The average Bonchev–Trinajstić information content (AvgIpc) is 2.61. The summed E-state index contributed by atoms with van der Waals surface area (Å²) in [5, 5.41) is 3.45. The summed E-state index contributed by atoms with van der Waals surface area (Å²) in [4.78, 5) is 7.34. The van der Waals surface area contributed by atoms with Crippen molar-refractivity contribution in [3.63, 3.8) is 0 Å². The summed E-state index contributed by atoms with van der Waals surface area (Å²) >= 11 is 0. The zero-order valence-electron chi connectivity index (χ0n) is 14.5. The maximum absolute atomic E-state index is 5.55. The van der Waals surface area contributed by atoms with E-state index >= 15 is 0 Å². The van der Waals surface area contributed by atoms with Gasteiger partial charge in [-0.1, -0.05) is 12.1 Å². The maximum Gasteiger partial charge on any atom is 0.0594 e. The maximum atomic E-state index is 5.55. The van der Waals surface area contributed by atoms with Crippen LogP contribution in [-0.2, 0) is 4.74 Å². The molecule has 0 spiro atoms. The smallest absolute Gasteiger partial charge is 0.0594 e. The molecule has 1 aromatic carbocycles. The Labute approximate surface area is 140 Å². The van der Waals surface area contributed by atoms with Crippen molar-refractivity contribution in [2.24, 2.45) is 0 Å². The molecule has 0 amide bonds. The molecule has 1 unspecified atom stereocenters. The third-order valence-corrected chi connectivity index (χ3v) is 4.92. The molecule has 23 heavy (non-hydrogen) atoms. The molecule has 2 heterocycles. The van der Waals surface area contributed by atoms with Crippen LogP contribution in [0.25, 0.3) is 0 Å². The summed E-state index contributed by atoms with van der Waals surface area (Å²) in [7, 11) is 4.18. The molecular weight excluding hydrogens is 288 g/mol. The largest absolute Gasteiger partial charge is 0.379 e. The van der Waals surface area contributed by atoms with Crippen molar-refractivity contribution in [3.05, 3.63) is 29.8 Å². The quantitative estimate of drug-likeness (QED) is 0.876. The minimum absolute atomic E-state index is 0.466. The van der Waals surface area contributed by atoms with Gasteiger partial charge in [-0.25, -0.2) is 0 Å². The molecule has 2 saturated heterocycles. The molecule has 0 radical (unpaired) electrons. The first kappa shape index (κ1) is 16.7. The molecule has 0 bridgehead atoms. The van der Waals surface area contributed by atoms with Gasteiger partial charge in [-0.05, 0) is 17.7 Å². The number of nitrogens with one attached hydrogen (secondary N) is 1. The van der Waals surface area contributed by atoms with E-state index in [0.717, 1.165) is 59.0 Å². The summed E-state index contributed by atoms with van der Waals surface area (Å²) in [6, 6.07) is 9.55. The lowest BCUT2D eigenvalue weighted by Gasteiger charge is -2.39. The van der Waals surface area contributed by atoms with Gasteiger partial charge in [0.2, 0.25) is 0 Å². The van der Waals surface area contributed by atoms with E-state index in [9.17, 15) is 0 Å². The van der Waals surface area contributed by atoms with Crippen LogP contribution in [0, 0.1) is 0 Å². The lowest BCUT2D eigenvalue weighted by Crippen LogP contribution is -2.49. The van der Waals surface area contributed by atoms with E-state index in [0.29, 0.717) is 6.04 Å². The van der Waals surface area contributed by atoms with Crippen LogP contribution in [0.4, 0.5) is 5.69 Å². The Balaban J connectivity index is 1.75. The topological polar surface area (TPSA) is 31.0 Å². The number of piperazine rings is 1. The summed E-state index contributed by atoms with van der Waals surface area (Å²) in [6.45, 7) is 9.40. The van der Waals surface area contributed by atoms with Crippen molar-refractivity contribution in [1.29, 1.82) is 0 Å². The van der Waals surface area contributed by atoms with Crippen LogP contribution in [0.5, 0.6) is 0 Å². The summed E-state index contributed by atoms with van der Waals surface area (Å²) in [6.07, 6.45) is 0. The van der Waals surface area contributed by atoms with E-state index in [4.69, 9.17) is 4.74 Å². The molecule has 128 valence electrons. The van der Waals surface area contributed by atoms with Gasteiger partial charge in [0.25, 0.3) is 0 Å². The molecule has 2 aliphatic rings. The fourth-order valence-corrected chi connectivity index (χ4v) is 3.45. The van der Waals surface area contributed by atoms with Gasteiger partial charge >= 0.3 is 0 Å². The Kier molecular flexibility index (Phi) is 5.89. The van der Waals surface area contributed by atoms with Crippen LogP contribution >= 0.6 is 0 Å². The Hall–Kier alpha value is -1.14. The molecule has 5 heteroatoms. The van der Waals surface area contributed by atoms with Gasteiger partial charge in [-0.3, -0.25) is 9.80 Å². The van der Waals surface area contributed by atoms with Crippen LogP contribution in [0.1, 0.15) is 11.6 Å². The number of anilines is 1. The fourth-order valence-electron chi connectivity index (χ4n) is 3.45. The van der Waals surface area contributed by atoms with Gasteiger partial charge < -0.3 is 15.0 Å². The van der Waals surface area contributed by atoms with Crippen LogP contribution in [0.15, 0.2) is 24.3 Å². The molecule has 2 aliphatic heterocycles. The summed E-state index contributed by atoms with van der Waals surface area (Å²) < 4.78 is 5.55. The number of morpholine rings is 1. The number of rotatable bonds is 5. The van der Waals surface area contributed by atoms with Crippen LogP contribution < -0.4 is 10.2 Å². The van der Waals surface area contributed by atoms with Crippen molar-refractivity contribution >= 4 is 5.69 Å². The first-order valence-electron chi connectivity index (χ1n) is 8.76. The van der Waals surface area contributed by atoms with E-state index in [1.807, 2.05) is 0 Å². The molecule has 0 saturated carbocycles. The number of hydrogen-bond donors (Lipinski definition) is 1. The zero-order chi connectivity index (χ0) is 16.1. The predicted octanol–water partition coefficient (Wildman–Crippen LogP) is 1.03. The molecule has 0 aliphatic carbocycles. The number of nitrogens with zero attached hydrogens (tertiary/aromatic N) is 3. The van der Waals surface area contributed by atoms with E-state index in [2.05, 4.69) is 58.4 Å². The normalized spacial score (nSPS) is 22.0. The van der Waals surface area contributed by atoms with Gasteiger partial charge in [-0.15, -0.1) is 0 Å². The Bertz CT molecular complexity index is 464. The number of hydrogen-bond acceptors (Lipinski definition) is 5. The third-order valence-electron chi connectivity index (χ3n) is 4.92. The molecule has 0 aromatic heterocycles. The third kappa shape index (κ3) is 4.44. The number of benzene rings is 1. The van der Waals surface area contributed by atoms with E-state index < -0.39 is 0 Å². The van der Waals surface area contributed by atoms with Crippen LogP contribution in [0.3, 0.4) is 0 Å². The monoisotopic (exact) mass is 318 g/mol. The molecular formula is C18H30N4O. The van der Waals surface area contributed by atoms with Gasteiger partial charge in [0.15, 0.2) is 0 Å². The average molecular weight is 318 g/mol. The van der Waals surface area contributed by atoms with Crippen molar-refractivity contribution in [3.8, 4) is 0 Å². The fraction of sp³-hybridized carbons (Fsp3) is 0.667. The van der Waals surface area contributed by atoms with Gasteiger partial charge in [-0.2, -0.15) is 0 Å². The standard InChI is InChI=1S/C18H30N4O/c1-20(2)17-5-3-16(4-6-17)18(22-11-13-23-14-12-22)15-21-9-7-19-8-10-21/h3-6,18-19H,7-15H2,1-2H3. The minimum Gasteiger partial charge on any atom is -0.379 e. The van der Waals surface area contributed by atoms with Crippen molar-refractivity contribution in [2.75, 3.05) is 78.0 Å². The molecule has 1 atom stereocenters. The molecule has 1 aromatic rings. The first-order chi connectivity index (χ1) is 11.2. The molecule has 3 rings (SSSR count). The Morgan fingerprint density at radius 1 is 1.04 bits per heavy atom. The second-order valence-corrected chi connectivity index (χ2v) is 6.70. The highest BCUT2D eigenvalue weighted by Gasteiger charge is 2.25. The van der Waals surface area contributed by atoms with E-state index in [-0.39, 0.29) is 0 Å². The molecule has 2 fully saturated rings. The van der Waals surface area contributed by atoms with E-state index in [1.54, 1.807) is 0 Å². The van der Waals surface area contributed by atoms with Crippen molar-refractivity contribution < 1.29 is 4.74 Å². The predicted molar refractivity (Wildman–Crippen MR) is 95.2 cm³/mol. The summed E-state index contributed by atoms with van der Waals surface area (Å²) in [5.74, 6) is 0. The first-order valence-corrected chi connectivity index (χ1v) is 8.76. The molecule has 5 nitrogen and oxygen atoms in total. The highest BCUT2D eigenvalue weighted by molar-refractivity contribution is 5.46. The summed E-state index contributed by atoms with van der Waals surface area (Å²) in [5.41, 5.74) is 2.69. The van der Waals surface area contributed by atoms with E-state index in [1.165, 1.54) is 11.3 Å². The van der Waals surface area contributed by atoms with Crippen LogP contribution in [-0.4, -0.2) is 82.9 Å². The lowest BCUT2D eigenvalue weighted by molar-refractivity contribution is 0.00668. The molecule has 1 N–H and O–H groups in total. The van der Waals surface area contributed by atoms with Crippen LogP contribution in [0.2, 0.25) is 0 Å². The second-order valence-electron chi connectivity index (χ2n) is 6.70. The zero-order valence-corrected chi connectivity index (χ0v) is 14.5. The highest BCUT2D eigenvalue weighted by atomic mass is 16.5. The Morgan fingerprint density at radius 2 is 1.70 bits per heavy atom. The SMILES string of the molecule is CN(C)c1ccc(C(CN2CCNCC2)N2CCOCC2)cc1. The van der Waals surface area contributed by atoms with Crippen molar-refractivity contribution in [2.45, 2.75) is 6.04 Å². The minimum atomic E-state index is 0.466. The Morgan fingerprint density at radius 3 is 2.30 bits per heavy atom. The highest BCUT2D eigenvalue weighted by Crippen LogP contribution is 2.25. The van der Waals surface area contributed by atoms with Gasteiger partial charge in [0.05, 0.1) is 13.2 Å². The number of ether oxygens (including phenoxy) is 1. The van der Waals surface area contributed by atoms with Gasteiger partial charge in [0, 0.05) is 71.6 Å².